The highest BCUT2D eigenvalue weighted by Gasteiger charge is 2.19. The topological polar surface area (TPSA) is 51.8 Å². The Labute approximate surface area is 306 Å². The van der Waals surface area contributed by atoms with Crippen LogP contribution in [0.15, 0.2) is 192 Å². The second-order valence-electron chi connectivity index (χ2n) is 13.2. The highest BCUT2D eigenvalue weighted by atomic mass is 16.3. The molecule has 248 valence electrons. The van der Waals surface area contributed by atoms with Crippen LogP contribution < -0.4 is 0 Å². The highest BCUT2D eigenvalue weighted by molar-refractivity contribution is 6.15. The van der Waals surface area contributed by atoms with Crippen LogP contribution >= 0.6 is 0 Å². The van der Waals surface area contributed by atoms with Crippen LogP contribution in [0.5, 0.6) is 0 Å². The average molecular weight is 678 g/mol. The first-order valence-corrected chi connectivity index (χ1v) is 17.8. The van der Waals surface area contributed by atoms with Crippen LogP contribution in [0.3, 0.4) is 0 Å². The third kappa shape index (κ3) is 5.63. The zero-order valence-corrected chi connectivity index (χ0v) is 28.6. The molecule has 4 nitrogen and oxygen atoms in total. The van der Waals surface area contributed by atoms with Gasteiger partial charge in [-0.2, -0.15) is 0 Å². The number of hydrogen-bond acceptors (Lipinski definition) is 4. The van der Waals surface area contributed by atoms with Crippen molar-refractivity contribution in [3.05, 3.63) is 188 Å². The van der Waals surface area contributed by atoms with E-state index in [2.05, 4.69) is 164 Å². The smallest absolute Gasteiger partial charge is 0.164 e. The van der Waals surface area contributed by atoms with E-state index in [9.17, 15) is 0 Å². The number of benzene rings is 8. The Bertz CT molecular complexity index is 2910. The predicted molar refractivity (Wildman–Crippen MR) is 217 cm³/mol. The molecule has 0 fully saturated rings. The van der Waals surface area contributed by atoms with Crippen molar-refractivity contribution in [1.82, 2.24) is 15.0 Å². The molecule has 10 rings (SSSR count). The third-order valence-electron chi connectivity index (χ3n) is 9.96. The van der Waals surface area contributed by atoms with Gasteiger partial charge in [-0.25, -0.2) is 15.0 Å². The molecule has 2 heterocycles. The number of rotatable bonds is 6. The van der Waals surface area contributed by atoms with Crippen LogP contribution in [0, 0.1) is 0 Å². The molecule has 0 saturated heterocycles. The SMILES string of the molecule is c1ccc(-c2ccc(-c3nc(-c4ccc(-c5ccc6ccccc6c5)cc4)nc(-c4cccc5oc6c(-c7ccccc7)cccc6c45)n3)cc2)cc1. The van der Waals surface area contributed by atoms with Gasteiger partial charge in [-0.05, 0) is 50.7 Å². The van der Waals surface area contributed by atoms with Crippen LogP contribution in [-0.2, 0) is 0 Å². The number of nitrogens with zero attached hydrogens (tertiary/aromatic N) is 3. The summed E-state index contributed by atoms with van der Waals surface area (Å²) >= 11 is 0. The van der Waals surface area contributed by atoms with E-state index in [0.717, 1.165) is 66.4 Å². The largest absolute Gasteiger partial charge is 0.455 e. The first-order chi connectivity index (χ1) is 26.2. The van der Waals surface area contributed by atoms with E-state index >= 15 is 0 Å². The molecule has 0 aliphatic rings. The monoisotopic (exact) mass is 677 g/mol. The molecule has 4 heteroatoms. The average Bonchev–Trinajstić information content (AvgIpc) is 3.63. The summed E-state index contributed by atoms with van der Waals surface area (Å²) in [5, 5.41) is 4.45. The number of fused-ring (bicyclic) bond motifs is 4. The highest BCUT2D eigenvalue weighted by Crippen LogP contribution is 2.40. The second kappa shape index (κ2) is 12.9. The summed E-state index contributed by atoms with van der Waals surface area (Å²) in [6, 6.07) is 65.1. The maximum atomic E-state index is 6.60. The summed E-state index contributed by atoms with van der Waals surface area (Å²) in [5.74, 6) is 1.81. The minimum absolute atomic E-state index is 0.592. The van der Waals surface area contributed by atoms with Gasteiger partial charge in [0.15, 0.2) is 17.5 Å². The molecule has 0 N–H and O–H groups in total. The molecule has 0 radical (unpaired) electrons. The number of aromatic nitrogens is 3. The summed E-state index contributed by atoms with van der Waals surface area (Å²) in [5.41, 5.74) is 11.1. The van der Waals surface area contributed by atoms with Gasteiger partial charge in [0.1, 0.15) is 11.2 Å². The maximum absolute atomic E-state index is 6.60. The Hall–Kier alpha value is -7.17. The molecular weight excluding hydrogens is 647 g/mol. The van der Waals surface area contributed by atoms with Crippen molar-refractivity contribution in [3.8, 4) is 67.5 Å². The van der Waals surface area contributed by atoms with Crippen molar-refractivity contribution in [2.75, 3.05) is 0 Å². The van der Waals surface area contributed by atoms with Gasteiger partial charge in [-0.1, -0.05) is 176 Å². The minimum atomic E-state index is 0.592. The van der Waals surface area contributed by atoms with Crippen molar-refractivity contribution in [2.45, 2.75) is 0 Å². The summed E-state index contributed by atoms with van der Waals surface area (Å²) in [7, 11) is 0. The Morgan fingerprint density at radius 2 is 0.830 bits per heavy atom. The van der Waals surface area contributed by atoms with Gasteiger partial charge < -0.3 is 4.42 Å². The number of para-hydroxylation sites is 1. The van der Waals surface area contributed by atoms with E-state index in [-0.39, 0.29) is 0 Å². The van der Waals surface area contributed by atoms with E-state index in [4.69, 9.17) is 19.4 Å². The molecule has 53 heavy (non-hydrogen) atoms. The molecule has 0 spiro atoms. The van der Waals surface area contributed by atoms with Gasteiger partial charge >= 0.3 is 0 Å². The summed E-state index contributed by atoms with van der Waals surface area (Å²) < 4.78 is 6.60. The lowest BCUT2D eigenvalue weighted by Gasteiger charge is -2.11. The third-order valence-corrected chi connectivity index (χ3v) is 9.96. The summed E-state index contributed by atoms with van der Waals surface area (Å²) in [6.45, 7) is 0. The molecular formula is C49H31N3O. The van der Waals surface area contributed by atoms with Crippen LogP contribution in [0.2, 0.25) is 0 Å². The number of hydrogen-bond donors (Lipinski definition) is 0. The van der Waals surface area contributed by atoms with Gasteiger partial charge in [0.2, 0.25) is 0 Å². The Morgan fingerprint density at radius 1 is 0.321 bits per heavy atom. The molecule has 0 bridgehead atoms. The van der Waals surface area contributed by atoms with E-state index in [1.807, 2.05) is 24.3 Å². The lowest BCUT2D eigenvalue weighted by atomic mass is 10.00. The molecule has 8 aromatic carbocycles. The van der Waals surface area contributed by atoms with E-state index in [1.165, 1.54) is 16.3 Å². The molecule has 0 unspecified atom stereocenters. The van der Waals surface area contributed by atoms with Gasteiger partial charge in [0.05, 0.1) is 0 Å². The van der Waals surface area contributed by atoms with Crippen molar-refractivity contribution >= 4 is 32.7 Å². The Kier molecular flexibility index (Phi) is 7.43. The normalized spacial score (nSPS) is 11.4. The first kappa shape index (κ1) is 30.6. The first-order valence-electron chi connectivity index (χ1n) is 17.8. The fourth-order valence-corrected chi connectivity index (χ4v) is 7.26. The van der Waals surface area contributed by atoms with Crippen LogP contribution in [0.4, 0.5) is 0 Å². The molecule has 0 aliphatic carbocycles. The Morgan fingerprint density at radius 3 is 1.53 bits per heavy atom. The molecule has 2 aromatic heterocycles. The van der Waals surface area contributed by atoms with Crippen LogP contribution in [0.1, 0.15) is 0 Å². The molecule has 10 aromatic rings. The van der Waals surface area contributed by atoms with Crippen molar-refractivity contribution in [3.63, 3.8) is 0 Å². The minimum Gasteiger partial charge on any atom is -0.455 e. The maximum Gasteiger partial charge on any atom is 0.164 e. The number of furan rings is 1. The van der Waals surface area contributed by atoms with Crippen molar-refractivity contribution in [2.24, 2.45) is 0 Å². The zero-order chi connectivity index (χ0) is 35.1. The molecule has 0 amide bonds. The predicted octanol–water partition coefficient (Wildman–Crippen LogP) is 12.9. The van der Waals surface area contributed by atoms with Gasteiger partial charge in [-0.3, -0.25) is 0 Å². The van der Waals surface area contributed by atoms with Gasteiger partial charge in [-0.15, -0.1) is 0 Å². The molecule has 0 atom stereocenters. The van der Waals surface area contributed by atoms with E-state index < -0.39 is 0 Å². The van der Waals surface area contributed by atoms with Crippen LogP contribution in [-0.4, -0.2) is 15.0 Å². The van der Waals surface area contributed by atoms with Crippen LogP contribution in [0.25, 0.3) is 100 Å². The van der Waals surface area contributed by atoms with Crippen molar-refractivity contribution < 1.29 is 4.42 Å². The lowest BCUT2D eigenvalue weighted by Crippen LogP contribution is -2.00. The standard InChI is InChI=1S/C49H31N3O/c1-3-11-32(12-4-1)34-21-26-37(27-22-34)47-50-48(38-28-23-35(24-29-38)40-30-25-33-13-7-8-16-39(33)31-40)52-49(51-47)43-19-10-20-44-45(43)42-18-9-17-41(46(42)53-44)36-14-5-2-6-15-36/h1-31H. The summed E-state index contributed by atoms with van der Waals surface area (Å²) in [4.78, 5) is 15.4. The lowest BCUT2D eigenvalue weighted by molar-refractivity contribution is 0.670. The van der Waals surface area contributed by atoms with E-state index in [0.29, 0.717) is 17.5 Å². The fourth-order valence-electron chi connectivity index (χ4n) is 7.26. The van der Waals surface area contributed by atoms with Gasteiger partial charge in [0, 0.05) is 33.0 Å². The fraction of sp³-hybridized carbons (Fsp3) is 0. The van der Waals surface area contributed by atoms with E-state index in [1.54, 1.807) is 0 Å². The summed E-state index contributed by atoms with van der Waals surface area (Å²) in [6.07, 6.45) is 0. The molecule has 0 aliphatic heterocycles. The Balaban J connectivity index is 1.12. The molecule has 0 saturated carbocycles. The van der Waals surface area contributed by atoms with Gasteiger partial charge in [0.25, 0.3) is 0 Å². The quantitative estimate of drug-likeness (QED) is 0.176. The second-order valence-corrected chi connectivity index (χ2v) is 13.2. The van der Waals surface area contributed by atoms with Crippen molar-refractivity contribution in [1.29, 1.82) is 0 Å². The zero-order valence-electron chi connectivity index (χ0n) is 28.6.